The molecule has 4 heteroatoms. The molecule has 1 aliphatic carbocycles. The number of hydrogen-bond donors (Lipinski definition) is 1. The fraction of sp³-hybridized carbons (Fsp3) is 0.429. The summed E-state index contributed by atoms with van der Waals surface area (Å²) in [5, 5.41) is 7.27. The van der Waals surface area contributed by atoms with Crippen LogP contribution in [0.5, 0.6) is 0 Å². The molecule has 0 radical (unpaired) electrons. The Morgan fingerprint density at radius 3 is 2.50 bits per heavy atom. The van der Waals surface area contributed by atoms with Crippen molar-refractivity contribution in [3.05, 3.63) is 40.4 Å². The van der Waals surface area contributed by atoms with Crippen molar-refractivity contribution in [2.75, 3.05) is 0 Å². The molecule has 18 heavy (non-hydrogen) atoms. The topological polar surface area (TPSA) is 33.6 Å². The number of benzene rings is 1. The van der Waals surface area contributed by atoms with Gasteiger partial charge in [-0.05, 0) is 48.7 Å². The van der Waals surface area contributed by atoms with E-state index in [9.17, 15) is 0 Å². The van der Waals surface area contributed by atoms with E-state index in [1.165, 1.54) is 18.4 Å². The molecule has 0 atom stereocenters. The molecule has 0 aliphatic heterocycles. The molecule has 1 fully saturated rings. The Labute approximate surface area is 112 Å². The maximum Gasteiger partial charge on any atom is 0.199 e. The van der Waals surface area contributed by atoms with Crippen molar-refractivity contribution in [2.24, 2.45) is 0 Å². The summed E-state index contributed by atoms with van der Waals surface area (Å²) in [5.41, 5.74) is 2.46. The number of nitrogens with zero attached hydrogens (tertiary/aromatic N) is 2. The highest BCUT2D eigenvalue weighted by Crippen LogP contribution is 2.39. The summed E-state index contributed by atoms with van der Waals surface area (Å²) in [5.74, 6) is 2.22. The molecule has 94 valence electrons. The van der Waals surface area contributed by atoms with E-state index in [0.717, 1.165) is 11.5 Å². The molecule has 0 saturated heterocycles. The zero-order valence-electron chi connectivity index (χ0n) is 10.7. The minimum absolute atomic E-state index is 0.555. The molecule has 3 rings (SSSR count). The van der Waals surface area contributed by atoms with Crippen LogP contribution in [0.3, 0.4) is 0 Å². The summed E-state index contributed by atoms with van der Waals surface area (Å²) in [6.45, 7) is 4.41. The fourth-order valence-electron chi connectivity index (χ4n) is 2.18. The van der Waals surface area contributed by atoms with Crippen LogP contribution >= 0.6 is 12.2 Å². The average Bonchev–Trinajstić information content (AvgIpc) is 3.13. The Hall–Kier alpha value is -1.42. The van der Waals surface area contributed by atoms with E-state index < -0.39 is 0 Å². The molecule has 0 amide bonds. The van der Waals surface area contributed by atoms with Gasteiger partial charge in [0.05, 0.1) is 0 Å². The standard InChI is InChI=1S/C14H17N3S/c1-9(2)10-5-7-12(8-6-10)17-13(11-3-4-11)15-16-14(17)18/h5-9,11H,3-4H2,1-2H3,(H,16,18). The summed E-state index contributed by atoms with van der Waals surface area (Å²) in [6, 6.07) is 8.61. The van der Waals surface area contributed by atoms with Gasteiger partial charge in [-0.25, -0.2) is 0 Å². The molecule has 0 unspecified atom stereocenters. The van der Waals surface area contributed by atoms with Gasteiger partial charge >= 0.3 is 0 Å². The van der Waals surface area contributed by atoms with Crippen molar-refractivity contribution < 1.29 is 0 Å². The Morgan fingerprint density at radius 2 is 1.94 bits per heavy atom. The van der Waals surface area contributed by atoms with E-state index in [1.54, 1.807) is 0 Å². The first-order valence-corrected chi connectivity index (χ1v) is 6.85. The third kappa shape index (κ3) is 2.01. The van der Waals surface area contributed by atoms with Crippen molar-refractivity contribution in [3.63, 3.8) is 0 Å². The smallest absolute Gasteiger partial charge is 0.199 e. The Kier molecular flexibility index (Phi) is 2.82. The summed E-state index contributed by atoms with van der Waals surface area (Å²) in [6.07, 6.45) is 2.45. The van der Waals surface area contributed by atoms with E-state index in [2.05, 4.69) is 52.9 Å². The van der Waals surface area contributed by atoms with Crippen LogP contribution in [0.2, 0.25) is 0 Å². The van der Waals surface area contributed by atoms with Crippen LogP contribution in [0.1, 0.15) is 49.9 Å². The summed E-state index contributed by atoms with van der Waals surface area (Å²) in [7, 11) is 0. The molecule has 1 aromatic carbocycles. The second kappa shape index (κ2) is 4.35. The number of aromatic amines is 1. The number of nitrogens with one attached hydrogen (secondary N) is 1. The second-order valence-electron chi connectivity index (χ2n) is 5.24. The monoisotopic (exact) mass is 259 g/mol. The highest BCUT2D eigenvalue weighted by Gasteiger charge is 2.29. The molecule has 1 saturated carbocycles. The lowest BCUT2D eigenvalue weighted by Crippen LogP contribution is -2.00. The van der Waals surface area contributed by atoms with Crippen LogP contribution < -0.4 is 0 Å². The van der Waals surface area contributed by atoms with Crippen LogP contribution in [-0.2, 0) is 0 Å². The molecule has 2 aromatic rings. The first-order valence-electron chi connectivity index (χ1n) is 6.44. The van der Waals surface area contributed by atoms with E-state index in [-0.39, 0.29) is 0 Å². The average molecular weight is 259 g/mol. The maximum absolute atomic E-state index is 5.33. The number of aromatic nitrogens is 3. The molecule has 1 N–H and O–H groups in total. The van der Waals surface area contributed by atoms with Crippen LogP contribution in [0.25, 0.3) is 5.69 Å². The van der Waals surface area contributed by atoms with Gasteiger partial charge < -0.3 is 0 Å². The van der Waals surface area contributed by atoms with Crippen molar-refractivity contribution >= 4 is 12.2 Å². The Balaban J connectivity index is 2.04. The van der Waals surface area contributed by atoms with Gasteiger partial charge in [0.15, 0.2) is 4.77 Å². The SMILES string of the molecule is CC(C)c1ccc(-n2c(C3CC3)n[nH]c2=S)cc1. The lowest BCUT2D eigenvalue weighted by atomic mass is 10.0. The normalized spacial score (nSPS) is 15.3. The first kappa shape index (κ1) is 11.7. The van der Waals surface area contributed by atoms with E-state index in [0.29, 0.717) is 16.6 Å². The highest BCUT2D eigenvalue weighted by atomic mass is 32.1. The van der Waals surface area contributed by atoms with Crippen LogP contribution in [0.15, 0.2) is 24.3 Å². The van der Waals surface area contributed by atoms with Gasteiger partial charge in [-0.1, -0.05) is 26.0 Å². The number of H-pyrrole nitrogens is 1. The number of hydrogen-bond acceptors (Lipinski definition) is 2. The fourth-order valence-corrected chi connectivity index (χ4v) is 2.43. The van der Waals surface area contributed by atoms with Crippen molar-refractivity contribution in [3.8, 4) is 5.69 Å². The van der Waals surface area contributed by atoms with Crippen LogP contribution in [-0.4, -0.2) is 14.8 Å². The predicted octanol–water partition coefficient (Wildman–Crippen LogP) is 3.93. The minimum atomic E-state index is 0.555. The third-order valence-electron chi connectivity index (χ3n) is 3.46. The molecule has 1 aromatic heterocycles. The Bertz CT molecular complexity index is 603. The summed E-state index contributed by atoms with van der Waals surface area (Å²) < 4.78 is 2.76. The molecule has 1 aliphatic rings. The molecule has 1 heterocycles. The van der Waals surface area contributed by atoms with E-state index in [1.807, 2.05) is 0 Å². The van der Waals surface area contributed by atoms with Gasteiger partial charge in [0, 0.05) is 11.6 Å². The largest absolute Gasteiger partial charge is 0.272 e. The Morgan fingerprint density at radius 1 is 1.28 bits per heavy atom. The second-order valence-corrected chi connectivity index (χ2v) is 5.63. The first-order chi connectivity index (χ1) is 8.66. The lowest BCUT2D eigenvalue weighted by molar-refractivity contribution is 0.853. The van der Waals surface area contributed by atoms with Crippen molar-refractivity contribution in [1.29, 1.82) is 0 Å². The highest BCUT2D eigenvalue weighted by molar-refractivity contribution is 7.71. The molecular weight excluding hydrogens is 242 g/mol. The zero-order chi connectivity index (χ0) is 12.7. The van der Waals surface area contributed by atoms with Gasteiger partial charge in [-0.3, -0.25) is 9.67 Å². The van der Waals surface area contributed by atoms with Crippen molar-refractivity contribution in [2.45, 2.75) is 38.5 Å². The quantitative estimate of drug-likeness (QED) is 0.847. The van der Waals surface area contributed by atoms with Crippen molar-refractivity contribution in [1.82, 2.24) is 14.8 Å². The zero-order valence-corrected chi connectivity index (χ0v) is 11.5. The molecule has 3 nitrogen and oxygen atoms in total. The van der Waals surface area contributed by atoms with Gasteiger partial charge in [-0.15, -0.1) is 0 Å². The van der Waals surface area contributed by atoms with Gasteiger partial charge in [0.2, 0.25) is 0 Å². The molecule has 0 bridgehead atoms. The van der Waals surface area contributed by atoms with Gasteiger partial charge in [0.25, 0.3) is 0 Å². The summed E-state index contributed by atoms with van der Waals surface area (Å²) in [4.78, 5) is 0. The van der Waals surface area contributed by atoms with Gasteiger partial charge in [-0.2, -0.15) is 5.10 Å². The third-order valence-corrected chi connectivity index (χ3v) is 3.73. The van der Waals surface area contributed by atoms with Crippen LogP contribution in [0, 0.1) is 4.77 Å². The lowest BCUT2D eigenvalue weighted by Gasteiger charge is -2.09. The van der Waals surface area contributed by atoms with Crippen LogP contribution in [0.4, 0.5) is 0 Å². The maximum atomic E-state index is 5.33. The number of rotatable bonds is 3. The van der Waals surface area contributed by atoms with E-state index >= 15 is 0 Å². The predicted molar refractivity (Wildman–Crippen MR) is 74.8 cm³/mol. The summed E-state index contributed by atoms with van der Waals surface area (Å²) >= 11 is 5.33. The van der Waals surface area contributed by atoms with E-state index in [4.69, 9.17) is 12.2 Å². The molecular formula is C14H17N3S. The molecule has 0 spiro atoms. The van der Waals surface area contributed by atoms with Gasteiger partial charge in [0.1, 0.15) is 5.82 Å². The minimum Gasteiger partial charge on any atom is -0.272 e.